The maximum Gasteiger partial charge on any atom is 0.231 e. The number of nitrogens with zero attached hydrogens (tertiary/aromatic N) is 1. The molecule has 29 heavy (non-hydrogen) atoms. The lowest BCUT2D eigenvalue weighted by molar-refractivity contribution is 0.0628. The molecule has 0 amide bonds. The van der Waals surface area contributed by atoms with Crippen molar-refractivity contribution >= 4 is 17.3 Å². The Labute approximate surface area is 174 Å². The van der Waals surface area contributed by atoms with Gasteiger partial charge in [-0.05, 0) is 23.8 Å². The molecule has 2 aliphatic rings. The minimum Gasteiger partial charge on any atom is -0.493 e. The second-order valence-corrected chi connectivity index (χ2v) is 7.33. The molecule has 0 fully saturated rings. The van der Waals surface area contributed by atoms with Gasteiger partial charge in [0, 0.05) is 29.6 Å². The summed E-state index contributed by atoms with van der Waals surface area (Å²) < 4.78 is 22.2. The van der Waals surface area contributed by atoms with Gasteiger partial charge in [0.05, 0.1) is 19.9 Å². The molecule has 2 atom stereocenters. The summed E-state index contributed by atoms with van der Waals surface area (Å²) in [6, 6.07) is 9.63. The Morgan fingerprint density at radius 3 is 2.59 bits per heavy atom. The van der Waals surface area contributed by atoms with Crippen molar-refractivity contribution in [1.82, 2.24) is 5.32 Å². The molecule has 0 aromatic heterocycles. The van der Waals surface area contributed by atoms with Crippen molar-refractivity contribution in [2.45, 2.75) is 19.6 Å². The molecule has 4 rings (SSSR count). The summed E-state index contributed by atoms with van der Waals surface area (Å²) in [5.41, 5.74) is 2.90. The molecular formula is C21H23ClN2O5. The molecule has 0 spiro atoms. The maximum atomic E-state index is 5.93. The number of hydrogen-bond acceptors (Lipinski definition) is 7. The zero-order chi connectivity index (χ0) is 20.4. The van der Waals surface area contributed by atoms with Gasteiger partial charge >= 0.3 is 0 Å². The van der Waals surface area contributed by atoms with Crippen LogP contribution in [0.5, 0.6) is 23.0 Å². The van der Waals surface area contributed by atoms with Crippen molar-refractivity contribution < 1.29 is 23.8 Å². The molecule has 0 saturated heterocycles. The molecule has 2 aromatic rings. The third kappa shape index (κ3) is 3.80. The number of fused-ring (bicyclic) bond motifs is 1. The van der Waals surface area contributed by atoms with Crippen LogP contribution in [0, 0.1) is 5.92 Å². The first-order valence-corrected chi connectivity index (χ1v) is 9.72. The number of ether oxygens (including phenoxy) is 4. The number of benzene rings is 2. The fraction of sp³-hybridized carbons (Fsp3) is 0.381. The third-order valence-corrected chi connectivity index (χ3v) is 5.39. The van der Waals surface area contributed by atoms with E-state index in [1.54, 1.807) is 14.2 Å². The second kappa shape index (κ2) is 8.39. The number of rotatable bonds is 7. The Morgan fingerprint density at radius 1 is 1.10 bits per heavy atom. The van der Waals surface area contributed by atoms with Crippen LogP contribution in [0.4, 0.5) is 0 Å². The molecule has 0 aliphatic carbocycles. The van der Waals surface area contributed by atoms with Crippen LogP contribution in [0.2, 0.25) is 5.02 Å². The van der Waals surface area contributed by atoms with Crippen molar-refractivity contribution in [3.05, 3.63) is 46.5 Å². The standard InChI is InChI=1S/C21H23ClN2O5/c1-12-16(10-23-9-13-4-6-14(22)7-5-13)24-29-18(12)15-8-17(25-2)20-21(19(15)26-3)28-11-27-20/h4-8,12,18,23H,9-11H2,1-3H3/t12-,18+/m0/s1. The van der Waals surface area contributed by atoms with Crippen LogP contribution in [0.25, 0.3) is 0 Å². The lowest BCUT2D eigenvalue weighted by Gasteiger charge is -2.20. The smallest absolute Gasteiger partial charge is 0.231 e. The topological polar surface area (TPSA) is 70.5 Å². The lowest BCUT2D eigenvalue weighted by atomic mass is 9.92. The predicted molar refractivity (Wildman–Crippen MR) is 109 cm³/mol. The average molecular weight is 419 g/mol. The van der Waals surface area contributed by atoms with E-state index < -0.39 is 0 Å². The summed E-state index contributed by atoms with van der Waals surface area (Å²) in [5, 5.41) is 8.44. The highest BCUT2D eigenvalue weighted by Gasteiger charge is 2.37. The maximum absolute atomic E-state index is 5.93. The zero-order valence-corrected chi connectivity index (χ0v) is 17.3. The average Bonchev–Trinajstić information content (AvgIpc) is 3.36. The molecule has 2 aliphatic heterocycles. The highest BCUT2D eigenvalue weighted by Crippen LogP contribution is 2.52. The van der Waals surface area contributed by atoms with Crippen LogP contribution in [0.1, 0.15) is 24.2 Å². The fourth-order valence-electron chi connectivity index (χ4n) is 3.54. The van der Waals surface area contributed by atoms with Crippen LogP contribution in [-0.4, -0.2) is 33.3 Å². The Bertz CT molecular complexity index is 916. The van der Waals surface area contributed by atoms with Gasteiger partial charge in [-0.25, -0.2) is 0 Å². The van der Waals surface area contributed by atoms with E-state index >= 15 is 0 Å². The number of halogens is 1. The second-order valence-electron chi connectivity index (χ2n) is 6.89. The minimum absolute atomic E-state index is 0.0479. The molecule has 2 aromatic carbocycles. The van der Waals surface area contributed by atoms with Gasteiger partial charge in [-0.3, -0.25) is 0 Å². The van der Waals surface area contributed by atoms with Gasteiger partial charge in [0.15, 0.2) is 17.6 Å². The van der Waals surface area contributed by atoms with Crippen molar-refractivity contribution in [2.24, 2.45) is 11.1 Å². The molecule has 0 radical (unpaired) electrons. The van der Waals surface area contributed by atoms with Gasteiger partial charge in [-0.1, -0.05) is 35.8 Å². The summed E-state index contributed by atoms with van der Waals surface area (Å²) in [7, 11) is 3.19. The summed E-state index contributed by atoms with van der Waals surface area (Å²) >= 11 is 5.93. The largest absolute Gasteiger partial charge is 0.493 e. The van der Waals surface area contributed by atoms with E-state index in [0.717, 1.165) is 28.4 Å². The lowest BCUT2D eigenvalue weighted by Crippen LogP contribution is -2.27. The third-order valence-electron chi connectivity index (χ3n) is 5.13. The van der Waals surface area contributed by atoms with Crippen molar-refractivity contribution in [3.8, 4) is 23.0 Å². The molecule has 7 nitrogen and oxygen atoms in total. The fourth-order valence-corrected chi connectivity index (χ4v) is 3.66. The number of methoxy groups -OCH3 is 2. The SMILES string of the molecule is COc1cc([C@@H]2ON=C(CNCc3ccc(Cl)cc3)[C@@H]2C)c(OC)c2c1OCO2. The molecule has 154 valence electrons. The number of hydrogen-bond donors (Lipinski definition) is 1. The molecule has 2 heterocycles. The monoisotopic (exact) mass is 418 g/mol. The van der Waals surface area contributed by atoms with E-state index in [2.05, 4.69) is 17.4 Å². The van der Waals surface area contributed by atoms with Gasteiger partial charge in [-0.15, -0.1) is 0 Å². The van der Waals surface area contributed by atoms with E-state index in [1.165, 1.54) is 0 Å². The van der Waals surface area contributed by atoms with Crippen LogP contribution in [-0.2, 0) is 11.4 Å². The number of nitrogens with one attached hydrogen (secondary N) is 1. The van der Waals surface area contributed by atoms with Gasteiger partial charge in [-0.2, -0.15) is 0 Å². The van der Waals surface area contributed by atoms with E-state index in [-0.39, 0.29) is 18.8 Å². The quantitative estimate of drug-likeness (QED) is 0.734. The minimum atomic E-state index is -0.305. The van der Waals surface area contributed by atoms with E-state index in [4.69, 9.17) is 35.4 Å². The Kier molecular flexibility index (Phi) is 5.69. The van der Waals surface area contributed by atoms with Gasteiger partial charge in [0.25, 0.3) is 0 Å². The molecule has 0 unspecified atom stereocenters. The van der Waals surface area contributed by atoms with Gasteiger partial charge in [0.1, 0.15) is 0 Å². The van der Waals surface area contributed by atoms with Crippen LogP contribution < -0.4 is 24.3 Å². The van der Waals surface area contributed by atoms with Crippen LogP contribution in [0.15, 0.2) is 35.5 Å². The van der Waals surface area contributed by atoms with Crippen LogP contribution in [0.3, 0.4) is 0 Å². The van der Waals surface area contributed by atoms with Crippen molar-refractivity contribution in [3.63, 3.8) is 0 Å². The van der Waals surface area contributed by atoms with Gasteiger partial charge < -0.3 is 29.1 Å². The van der Waals surface area contributed by atoms with Gasteiger partial charge in [0.2, 0.25) is 18.3 Å². The van der Waals surface area contributed by atoms with E-state index in [1.807, 2.05) is 30.3 Å². The predicted octanol–water partition coefficient (Wildman–Crippen LogP) is 3.94. The molecule has 0 saturated carbocycles. The highest BCUT2D eigenvalue weighted by atomic mass is 35.5. The van der Waals surface area contributed by atoms with E-state index in [9.17, 15) is 0 Å². The van der Waals surface area contributed by atoms with E-state index in [0.29, 0.717) is 29.5 Å². The summed E-state index contributed by atoms with van der Waals surface area (Å²) in [4.78, 5) is 5.78. The summed E-state index contributed by atoms with van der Waals surface area (Å²) in [6.07, 6.45) is -0.305. The molecule has 0 bridgehead atoms. The summed E-state index contributed by atoms with van der Waals surface area (Å²) in [6.45, 7) is 3.54. The summed E-state index contributed by atoms with van der Waals surface area (Å²) in [5.74, 6) is 2.29. The zero-order valence-electron chi connectivity index (χ0n) is 16.5. The van der Waals surface area contributed by atoms with Crippen molar-refractivity contribution in [2.75, 3.05) is 27.6 Å². The molecular weight excluding hydrogens is 396 g/mol. The Morgan fingerprint density at radius 2 is 1.86 bits per heavy atom. The first-order valence-electron chi connectivity index (χ1n) is 9.34. The van der Waals surface area contributed by atoms with Crippen LogP contribution >= 0.6 is 11.6 Å². The first kappa shape index (κ1) is 19.7. The highest BCUT2D eigenvalue weighted by molar-refractivity contribution is 6.30. The van der Waals surface area contributed by atoms with Crippen molar-refractivity contribution in [1.29, 1.82) is 0 Å². The normalized spacial score (nSPS) is 19.7. The Balaban J connectivity index is 1.47. The first-order chi connectivity index (χ1) is 14.1. The number of oxime groups is 1. The Hall–Kier alpha value is -2.64. The molecule has 8 heteroatoms. The molecule has 1 N–H and O–H groups in total.